The Hall–Kier alpha value is -2.63. The highest BCUT2D eigenvalue weighted by Gasteiger charge is 2.19. The second-order valence-electron chi connectivity index (χ2n) is 24.1. The van der Waals surface area contributed by atoms with Crippen molar-refractivity contribution >= 4 is 17.9 Å². The van der Waals surface area contributed by atoms with Crippen LogP contribution in [0, 0.1) is 0 Å². The molecule has 0 aromatic carbocycles. The molecule has 0 aliphatic rings. The number of hydrogen-bond acceptors (Lipinski definition) is 6. The number of allylic oxidation sites excluding steroid dienone is 8. The first kappa shape index (κ1) is 77.4. The quantitative estimate of drug-likeness (QED) is 0.0261. The van der Waals surface area contributed by atoms with Gasteiger partial charge in [0.25, 0.3) is 0 Å². The molecule has 0 aliphatic heterocycles. The van der Waals surface area contributed by atoms with E-state index in [0.717, 1.165) is 96.3 Å². The Bertz CT molecular complexity index is 1380. The summed E-state index contributed by atoms with van der Waals surface area (Å²) in [5, 5.41) is 0. The highest BCUT2D eigenvalue weighted by Crippen LogP contribution is 2.18. The van der Waals surface area contributed by atoms with Gasteiger partial charge in [-0.1, -0.05) is 339 Å². The van der Waals surface area contributed by atoms with Crippen molar-refractivity contribution < 1.29 is 28.6 Å². The van der Waals surface area contributed by atoms with Crippen LogP contribution < -0.4 is 0 Å². The van der Waals surface area contributed by atoms with Gasteiger partial charge in [-0.3, -0.25) is 14.4 Å². The lowest BCUT2D eigenvalue weighted by Crippen LogP contribution is -2.30. The van der Waals surface area contributed by atoms with Crippen LogP contribution in [0.15, 0.2) is 48.6 Å². The summed E-state index contributed by atoms with van der Waals surface area (Å²) in [5.74, 6) is -0.864. The van der Waals surface area contributed by atoms with Crippen molar-refractivity contribution in [1.82, 2.24) is 0 Å². The minimum absolute atomic E-state index is 0.0744. The predicted molar refractivity (Wildman–Crippen MR) is 349 cm³/mol. The van der Waals surface area contributed by atoms with Crippen molar-refractivity contribution in [3.05, 3.63) is 48.6 Å². The fourth-order valence-corrected chi connectivity index (χ4v) is 10.8. The SMILES string of the molecule is CC/C=C\C/C=C\C/C=C\CCCCCCCC(=O)OCC(COC(=O)CCCCCCCCCCCCCCC/C=C\CCCCCCCCCC)OC(=O)CCCCCCCCCCCCCCCCCCCCCCCC. The zero-order valence-corrected chi connectivity index (χ0v) is 53.9. The molecule has 0 heterocycles. The first-order valence-corrected chi connectivity index (χ1v) is 35.6. The van der Waals surface area contributed by atoms with Crippen molar-refractivity contribution in [1.29, 1.82) is 0 Å². The zero-order chi connectivity index (χ0) is 57.8. The molecule has 0 aromatic rings. The first-order chi connectivity index (χ1) is 39.5. The summed E-state index contributed by atoms with van der Waals surface area (Å²) in [6, 6.07) is 0. The molecule has 0 radical (unpaired) electrons. The van der Waals surface area contributed by atoms with Crippen molar-refractivity contribution in [3.8, 4) is 0 Å². The lowest BCUT2D eigenvalue weighted by molar-refractivity contribution is -0.167. The normalized spacial score (nSPS) is 12.3. The third kappa shape index (κ3) is 66.2. The fraction of sp³-hybridized carbons (Fsp3) is 0.851. The Kier molecular flexibility index (Phi) is 66.6. The molecule has 6 heteroatoms. The number of unbranched alkanes of at least 4 members (excludes halogenated alkanes) is 47. The molecule has 0 amide bonds. The minimum Gasteiger partial charge on any atom is -0.462 e. The van der Waals surface area contributed by atoms with Crippen LogP contribution in [0.4, 0.5) is 0 Å². The molecule has 1 unspecified atom stereocenters. The van der Waals surface area contributed by atoms with Gasteiger partial charge in [0.1, 0.15) is 13.2 Å². The smallest absolute Gasteiger partial charge is 0.306 e. The van der Waals surface area contributed by atoms with Crippen molar-refractivity contribution in [2.24, 2.45) is 0 Å². The van der Waals surface area contributed by atoms with E-state index in [9.17, 15) is 14.4 Å². The van der Waals surface area contributed by atoms with E-state index in [4.69, 9.17) is 14.2 Å². The number of rotatable bonds is 66. The Morgan fingerprint density at radius 3 is 0.775 bits per heavy atom. The fourth-order valence-electron chi connectivity index (χ4n) is 10.8. The Morgan fingerprint density at radius 1 is 0.263 bits per heavy atom. The van der Waals surface area contributed by atoms with E-state index in [2.05, 4.69) is 69.4 Å². The molecule has 1 atom stereocenters. The molecular weight excluding hydrogens is 985 g/mol. The summed E-state index contributed by atoms with van der Waals surface area (Å²) < 4.78 is 17.0. The lowest BCUT2D eigenvalue weighted by Gasteiger charge is -2.18. The van der Waals surface area contributed by atoms with Crippen molar-refractivity contribution in [2.75, 3.05) is 13.2 Å². The molecule has 6 nitrogen and oxygen atoms in total. The van der Waals surface area contributed by atoms with E-state index in [1.54, 1.807) is 0 Å². The molecule has 468 valence electrons. The van der Waals surface area contributed by atoms with Gasteiger partial charge in [-0.2, -0.15) is 0 Å². The molecule has 80 heavy (non-hydrogen) atoms. The van der Waals surface area contributed by atoms with Crippen LogP contribution in [-0.2, 0) is 28.6 Å². The molecule has 0 saturated heterocycles. The van der Waals surface area contributed by atoms with E-state index in [1.807, 2.05) is 0 Å². The summed E-state index contributed by atoms with van der Waals surface area (Å²) in [6.45, 7) is 6.59. The van der Waals surface area contributed by atoms with Crippen LogP contribution in [0.5, 0.6) is 0 Å². The largest absolute Gasteiger partial charge is 0.462 e. The average molecular weight is 1120 g/mol. The maximum absolute atomic E-state index is 13.0. The van der Waals surface area contributed by atoms with Gasteiger partial charge in [-0.05, 0) is 77.0 Å². The van der Waals surface area contributed by atoms with Crippen LogP contribution in [0.3, 0.4) is 0 Å². The third-order valence-corrected chi connectivity index (χ3v) is 16.1. The standard InChI is InChI=1S/C74H136O6/c1-4-7-10-13-16-19-22-25-28-30-32-34-36-37-38-40-41-43-46-49-52-55-58-61-64-67-73(76)79-70-71(69-78-72(75)66-63-60-57-54-51-48-45-27-24-21-18-15-12-9-6-3)80-74(77)68-65-62-59-56-53-50-47-44-42-39-35-33-31-29-26-23-20-17-14-11-8-5-2/h9,12,18,21,27,30,32,45,71H,4-8,10-11,13-17,19-20,22-26,28-29,31,33-44,46-70H2,1-3H3/b12-9-,21-18-,32-30-,45-27-. The Morgan fingerprint density at radius 2 is 0.487 bits per heavy atom. The molecule has 0 saturated carbocycles. The Balaban J connectivity index is 4.27. The maximum Gasteiger partial charge on any atom is 0.306 e. The first-order valence-electron chi connectivity index (χ1n) is 35.6. The van der Waals surface area contributed by atoms with Gasteiger partial charge in [-0.15, -0.1) is 0 Å². The maximum atomic E-state index is 13.0. The highest BCUT2D eigenvalue weighted by atomic mass is 16.6. The van der Waals surface area contributed by atoms with E-state index in [1.165, 1.54) is 250 Å². The molecule has 0 aliphatic carbocycles. The molecular formula is C74H136O6. The Labute approximate surface area is 498 Å². The second-order valence-corrected chi connectivity index (χ2v) is 24.1. The van der Waals surface area contributed by atoms with E-state index >= 15 is 0 Å². The zero-order valence-electron chi connectivity index (χ0n) is 53.9. The van der Waals surface area contributed by atoms with Gasteiger partial charge in [0.15, 0.2) is 6.10 Å². The van der Waals surface area contributed by atoms with Crippen molar-refractivity contribution in [3.63, 3.8) is 0 Å². The molecule has 0 aromatic heterocycles. The molecule has 0 fully saturated rings. The predicted octanol–water partition coefficient (Wildman–Crippen LogP) is 24.5. The number of carbonyl (C=O) groups is 3. The summed E-state index contributed by atoms with van der Waals surface area (Å²) in [7, 11) is 0. The summed E-state index contributed by atoms with van der Waals surface area (Å²) >= 11 is 0. The number of ether oxygens (including phenoxy) is 3. The highest BCUT2D eigenvalue weighted by molar-refractivity contribution is 5.71. The van der Waals surface area contributed by atoms with Gasteiger partial charge in [0, 0.05) is 19.3 Å². The monoisotopic (exact) mass is 1120 g/mol. The molecule has 0 N–H and O–H groups in total. The van der Waals surface area contributed by atoms with Gasteiger partial charge in [0.2, 0.25) is 0 Å². The van der Waals surface area contributed by atoms with Gasteiger partial charge >= 0.3 is 17.9 Å². The van der Waals surface area contributed by atoms with Crippen LogP contribution >= 0.6 is 0 Å². The molecule has 0 spiro atoms. The molecule has 0 rings (SSSR count). The summed E-state index contributed by atoms with van der Waals surface area (Å²) in [4.78, 5) is 38.5. The average Bonchev–Trinajstić information content (AvgIpc) is 3.46. The number of hydrogen-bond donors (Lipinski definition) is 0. The minimum atomic E-state index is -0.780. The summed E-state index contributed by atoms with van der Waals surface area (Å²) in [5.41, 5.74) is 0. The van der Waals surface area contributed by atoms with E-state index in [0.29, 0.717) is 19.3 Å². The lowest BCUT2D eigenvalue weighted by atomic mass is 10.0. The van der Waals surface area contributed by atoms with Crippen LogP contribution in [0.2, 0.25) is 0 Å². The topological polar surface area (TPSA) is 78.9 Å². The van der Waals surface area contributed by atoms with Gasteiger partial charge < -0.3 is 14.2 Å². The van der Waals surface area contributed by atoms with Crippen LogP contribution in [0.1, 0.15) is 387 Å². The number of esters is 3. The van der Waals surface area contributed by atoms with Gasteiger partial charge in [-0.25, -0.2) is 0 Å². The third-order valence-electron chi connectivity index (χ3n) is 16.1. The molecule has 0 bridgehead atoms. The van der Waals surface area contributed by atoms with Crippen LogP contribution in [0.25, 0.3) is 0 Å². The van der Waals surface area contributed by atoms with E-state index in [-0.39, 0.29) is 31.1 Å². The number of carbonyl (C=O) groups excluding carboxylic acids is 3. The summed E-state index contributed by atoms with van der Waals surface area (Å²) in [6.07, 6.45) is 87.2. The second kappa shape index (κ2) is 68.9. The van der Waals surface area contributed by atoms with E-state index < -0.39 is 6.10 Å². The van der Waals surface area contributed by atoms with Gasteiger partial charge in [0.05, 0.1) is 0 Å². The van der Waals surface area contributed by atoms with Crippen LogP contribution in [-0.4, -0.2) is 37.2 Å². The van der Waals surface area contributed by atoms with Crippen molar-refractivity contribution in [2.45, 2.75) is 393 Å².